The third-order valence-electron chi connectivity index (χ3n) is 3.18. The van der Waals surface area contributed by atoms with Crippen LogP contribution in [0.1, 0.15) is 42.6 Å². The highest BCUT2D eigenvalue weighted by Gasteiger charge is 2.20. The van der Waals surface area contributed by atoms with Crippen molar-refractivity contribution in [3.8, 4) is 0 Å². The Hall–Kier alpha value is -1.42. The van der Waals surface area contributed by atoms with Gasteiger partial charge in [0.05, 0.1) is 5.56 Å². The molecule has 0 saturated heterocycles. The van der Waals surface area contributed by atoms with Gasteiger partial charge >= 0.3 is 0 Å². The predicted octanol–water partition coefficient (Wildman–Crippen LogP) is 2.66. The summed E-state index contributed by atoms with van der Waals surface area (Å²) >= 11 is 0. The molecule has 1 aromatic rings. The zero-order chi connectivity index (χ0) is 14.5. The Morgan fingerprint density at radius 1 is 1.42 bits per heavy atom. The maximum absolute atomic E-state index is 13.8. The number of aliphatic hydroxyl groups excluding tert-OH is 1. The summed E-state index contributed by atoms with van der Waals surface area (Å²) in [6.45, 7) is 6.26. The van der Waals surface area contributed by atoms with Crippen molar-refractivity contribution >= 4 is 5.91 Å². The van der Waals surface area contributed by atoms with Crippen LogP contribution in [0, 0.1) is 18.2 Å². The van der Waals surface area contributed by atoms with Gasteiger partial charge in [-0.3, -0.25) is 4.79 Å². The van der Waals surface area contributed by atoms with Gasteiger partial charge < -0.3 is 10.4 Å². The molecule has 0 aliphatic rings. The summed E-state index contributed by atoms with van der Waals surface area (Å²) in [5.41, 5.74) is 0.434. The number of hydrogen-bond donors (Lipinski definition) is 2. The molecule has 2 N–H and O–H groups in total. The van der Waals surface area contributed by atoms with Gasteiger partial charge in [-0.05, 0) is 36.8 Å². The molecule has 1 aromatic carbocycles. The molecule has 1 amide bonds. The van der Waals surface area contributed by atoms with Gasteiger partial charge in [0.2, 0.25) is 0 Å². The van der Waals surface area contributed by atoms with Crippen LogP contribution in [0.5, 0.6) is 0 Å². The van der Waals surface area contributed by atoms with Crippen LogP contribution in [-0.4, -0.2) is 24.2 Å². The van der Waals surface area contributed by atoms with Crippen LogP contribution in [0.4, 0.5) is 4.39 Å². The van der Waals surface area contributed by atoms with Crippen molar-refractivity contribution in [1.29, 1.82) is 0 Å². The van der Waals surface area contributed by atoms with Crippen molar-refractivity contribution in [2.45, 2.75) is 33.6 Å². The molecular formula is C15H22FNO2. The summed E-state index contributed by atoms with van der Waals surface area (Å²) in [6, 6.07) is 4.79. The maximum Gasteiger partial charge on any atom is 0.254 e. The molecule has 0 unspecified atom stereocenters. The number of hydrogen-bond acceptors (Lipinski definition) is 2. The number of aliphatic hydroxyl groups is 1. The van der Waals surface area contributed by atoms with Crippen LogP contribution < -0.4 is 5.32 Å². The molecule has 3 nitrogen and oxygen atoms in total. The minimum Gasteiger partial charge on any atom is -0.396 e. The third kappa shape index (κ3) is 4.63. The second kappa shape index (κ2) is 6.66. The van der Waals surface area contributed by atoms with Gasteiger partial charge in [-0.1, -0.05) is 26.0 Å². The highest BCUT2D eigenvalue weighted by molar-refractivity contribution is 5.94. The van der Waals surface area contributed by atoms with E-state index < -0.39 is 11.7 Å². The fraction of sp³-hybridized carbons (Fsp3) is 0.533. The molecule has 0 aromatic heterocycles. The molecule has 0 heterocycles. The van der Waals surface area contributed by atoms with Crippen LogP contribution in [0.25, 0.3) is 0 Å². The fourth-order valence-electron chi connectivity index (χ4n) is 1.88. The van der Waals surface area contributed by atoms with Crippen LogP contribution in [0.15, 0.2) is 18.2 Å². The number of nitrogens with one attached hydrogen (secondary N) is 1. The molecule has 0 bridgehead atoms. The molecule has 0 fully saturated rings. The van der Waals surface area contributed by atoms with E-state index in [2.05, 4.69) is 5.32 Å². The van der Waals surface area contributed by atoms with Crippen molar-refractivity contribution in [1.82, 2.24) is 5.32 Å². The number of carbonyl (C=O) groups is 1. The number of rotatable bonds is 6. The maximum atomic E-state index is 13.8. The van der Waals surface area contributed by atoms with Gasteiger partial charge in [0.1, 0.15) is 5.82 Å². The molecule has 4 heteroatoms. The van der Waals surface area contributed by atoms with E-state index in [0.717, 1.165) is 6.42 Å². The third-order valence-corrected chi connectivity index (χ3v) is 3.18. The highest BCUT2D eigenvalue weighted by atomic mass is 19.1. The summed E-state index contributed by atoms with van der Waals surface area (Å²) in [5.74, 6) is -0.855. The van der Waals surface area contributed by atoms with Gasteiger partial charge in [0.25, 0.3) is 5.91 Å². The van der Waals surface area contributed by atoms with Crippen molar-refractivity contribution in [3.05, 3.63) is 35.1 Å². The average molecular weight is 267 g/mol. The van der Waals surface area contributed by atoms with Crippen LogP contribution in [-0.2, 0) is 0 Å². The second-order valence-corrected chi connectivity index (χ2v) is 5.61. The number of benzene rings is 1. The molecule has 0 atom stereocenters. The Kier molecular flexibility index (Phi) is 5.48. The van der Waals surface area contributed by atoms with Gasteiger partial charge in [0, 0.05) is 13.2 Å². The smallest absolute Gasteiger partial charge is 0.254 e. The molecule has 0 saturated carbocycles. The Labute approximate surface area is 113 Å². The summed E-state index contributed by atoms with van der Waals surface area (Å²) in [5, 5.41) is 11.6. The standard InChI is InChI=1S/C15H22FNO2/c1-11-6-4-7-12(13(11)16)14(19)17-10-15(2,3)8-5-9-18/h4,6-7,18H,5,8-10H2,1-3H3,(H,17,19). The lowest BCUT2D eigenvalue weighted by molar-refractivity contribution is 0.0928. The van der Waals surface area contributed by atoms with Crippen LogP contribution in [0.2, 0.25) is 0 Å². The van der Waals surface area contributed by atoms with Crippen molar-refractivity contribution in [2.75, 3.05) is 13.2 Å². The summed E-state index contributed by atoms with van der Waals surface area (Å²) in [4.78, 5) is 11.9. The Morgan fingerprint density at radius 3 is 2.74 bits per heavy atom. The predicted molar refractivity (Wildman–Crippen MR) is 73.6 cm³/mol. The van der Waals surface area contributed by atoms with E-state index >= 15 is 0 Å². The molecule has 0 aliphatic heterocycles. The molecule has 1 rings (SSSR count). The normalized spacial score (nSPS) is 11.4. The lowest BCUT2D eigenvalue weighted by Crippen LogP contribution is -2.34. The highest BCUT2D eigenvalue weighted by Crippen LogP contribution is 2.21. The summed E-state index contributed by atoms with van der Waals surface area (Å²) in [6.07, 6.45) is 1.50. The van der Waals surface area contributed by atoms with E-state index in [1.165, 1.54) is 6.07 Å². The number of halogens is 1. The Morgan fingerprint density at radius 2 is 2.11 bits per heavy atom. The Balaban J connectivity index is 2.63. The van der Waals surface area contributed by atoms with Crippen LogP contribution in [0.3, 0.4) is 0 Å². The van der Waals surface area contributed by atoms with Crippen LogP contribution >= 0.6 is 0 Å². The molecular weight excluding hydrogens is 245 g/mol. The first-order valence-corrected chi connectivity index (χ1v) is 6.51. The van der Waals surface area contributed by atoms with Crippen molar-refractivity contribution in [2.24, 2.45) is 5.41 Å². The van der Waals surface area contributed by atoms with Gasteiger partial charge in [-0.2, -0.15) is 0 Å². The quantitative estimate of drug-likeness (QED) is 0.832. The SMILES string of the molecule is Cc1cccc(C(=O)NCC(C)(C)CCCO)c1F. The van der Waals surface area contributed by atoms with E-state index in [9.17, 15) is 9.18 Å². The topological polar surface area (TPSA) is 49.3 Å². The minimum absolute atomic E-state index is 0.0814. The fourth-order valence-corrected chi connectivity index (χ4v) is 1.88. The van der Waals surface area contributed by atoms with E-state index in [4.69, 9.17) is 5.11 Å². The monoisotopic (exact) mass is 267 g/mol. The number of carbonyl (C=O) groups excluding carboxylic acids is 1. The summed E-state index contributed by atoms with van der Waals surface area (Å²) in [7, 11) is 0. The molecule has 0 aliphatic carbocycles. The first-order chi connectivity index (χ1) is 8.87. The molecule has 0 radical (unpaired) electrons. The largest absolute Gasteiger partial charge is 0.396 e. The zero-order valence-corrected chi connectivity index (χ0v) is 11.8. The number of amides is 1. The minimum atomic E-state index is -0.465. The van der Waals surface area contributed by atoms with Gasteiger partial charge in [-0.15, -0.1) is 0 Å². The lowest BCUT2D eigenvalue weighted by Gasteiger charge is -2.24. The van der Waals surface area contributed by atoms with E-state index in [-0.39, 0.29) is 17.6 Å². The zero-order valence-electron chi connectivity index (χ0n) is 11.8. The first-order valence-electron chi connectivity index (χ1n) is 6.51. The van der Waals surface area contributed by atoms with E-state index in [1.54, 1.807) is 19.1 Å². The van der Waals surface area contributed by atoms with Crippen molar-refractivity contribution < 1.29 is 14.3 Å². The molecule has 0 spiro atoms. The second-order valence-electron chi connectivity index (χ2n) is 5.61. The van der Waals surface area contributed by atoms with Gasteiger partial charge in [0.15, 0.2) is 0 Å². The van der Waals surface area contributed by atoms with E-state index in [0.29, 0.717) is 18.5 Å². The lowest BCUT2D eigenvalue weighted by atomic mass is 9.88. The van der Waals surface area contributed by atoms with Crippen molar-refractivity contribution in [3.63, 3.8) is 0 Å². The summed E-state index contributed by atoms with van der Waals surface area (Å²) < 4.78 is 13.8. The van der Waals surface area contributed by atoms with Gasteiger partial charge in [-0.25, -0.2) is 4.39 Å². The molecule has 106 valence electrons. The average Bonchev–Trinajstić information content (AvgIpc) is 2.37. The first kappa shape index (κ1) is 15.6. The Bertz CT molecular complexity index is 444. The molecule has 19 heavy (non-hydrogen) atoms. The number of aryl methyl sites for hydroxylation is 1. The van der Waals surface area contributed by atoms with E-state index in [1.807, 2.05) is 13.8 Å².